The highest BCUT2D eigenvalue weighted by Gasteiger charge is 2.54. The lowest BCUT2D eigenvalue weighted by Gasteiger charge is -2.32. The fraction of sp³-hybridized carbons (Fsp3) is 0.533. The van der Waals surface area contributed by atoms with Crippen molar-refractivity contribution in [3.05, 3.63) is 33.8 Å². The summed E-state index contributed by atoms with van der Waals surface area (Å²) in [7, 11) is -0.980. The summed E-state index contributed by atoms with van der Waals surface area (Å²) in [6.45, 7) is 7.24. The van der Waals surface area contributed by atoms with E-state index in [2.05, 4.69) is 15.9 Å². The van der Waals surface area contributed by atoms with Gasteiger partial charge >= 0.3 is 13.1 Å². The molecule has 8 heteroatoms. The number of benzene rings is 1. The molecule has 0 amide bonds. The number of carboxylic acids is 1. The van der Waals surface area contributed by atoms with E-state index in [1.165, 1.54) is 0 Å². The van der Waals surface area contributed by atoms with Gasteiger partial charge in [0.05, 0.1) is 22.1 Å². The largest absolute Gasteiger partial charge is 0.481 e. The summed E-state index contributed by atoms with van der Waals surface area (Å²) in [6, 6.07) is 1.96. The average Bonchev–Trinajstić information content (AvgIpc) is 2.60. The Kier molecular flexibility index (Phi) is 4.90. The maximum absolute atomic E-state index is 14.3. The van der Waals surface area contributed by atoms with Crippen molar-refractivity contribution in [2.24, 2.45) is 0 Å². The van der Waals surface area contributed by atoms with E-state index in [0.29, 0.717) is 0 Å². The number of carbonyl (C=O) groups is 1. The van der Waals surface area contributed by atoms with Crippen molar-refractivity contribution in [3.8, 4) is 0 Å². The third-order valence-electron chi connectivity index (χ3n) is 4.43. The number of rotatable bonds is 4. The van der Waals surface area contributed by atoms with E-state index in [9.17, 15) is 13.6 Å². The molecule has 1 heterocycles. The zero-order valence-corrected chi connectivity index (χ0v) is 14.9. The summed E-state index contributed by atoms with van der Waals surface area (Å²) in [5.74, 6) is -3.49. The van der Waals surface area contributed by atoms with Gasteiger partial charge in [-0.3, -0.25) is 4.79 Å². The number of carboxylic acid groups (broad SMARTS) is 1. The first-order valence-electron chi connectivity index (χ1n) is 7.16. The second-order valence-corrected chi connectivity index (χ2v) is 7.47. The third-order valence-corrected chi connectivity index (χ3v) is 5.04. The smallest absolute Gasteiger partial charge is 0.466 e. The molecule has 0 radical (unpaired) electrons. The Morgan fingerprint density at radius 1 is 1.22 bits per heavy atom. The van der Waals surface area contributed by atoms with Crippen LogP contribution in [0.1, 0.15) is 45.5 Å². The van der Waals surface area contributed by atoms with Gasteiger partial charge in [0.2, 0.25) is 0 Å². The quantitative estimate of drug-likeness (QED) is 0.625. The summed E-state index contributed by atoms with van der Waals surface area (Å²) in [4.78, 5) is 11.2. The molecule has 4 nitrogen and oxygen atoms in total. The fourth-order valence-electron chi connectivity index (χ4n) is 2.42. The lowest BCUT2D eigenvalue weighted by atomic mass is 9.66. The molecule has 1 aromatic rings. The second-order valence-electron chi connectivity index (χ2n) is 6.62. The number of halogens is 3. The van der Waals surface area contributed by atoms with Crippen molar-refractivity contribution in [1.82, 2.24) is 0 Å². The Morgan fingerprint density at radius 2 is 1.74 bits per heavy atom. The van der Waals surface area contributed by atoms with Crippen LogP contribution in [0.4, 0.5) is 8.78 Å². The van der Waals surface area contributed by atoms with Crippen LogP contribution in [0.2, 0.25) is 0 Å². The molecule has 1 aliphatic heterocycles. The van der Waals surface area contributed by atoms with E-state index >= 15 is 0 Å². The first kappa shape index (κ1) is 18.4. The summed E-state index contributed by atoms with van der Waals surface area (Å²) in [5.41, 5.74) is -1.47. The molecule has 1 unspecified atom stereocenters. The highest BCUT2D eigenvalue weighted by molar-refractivity contribution is 9.10. The van der Waals surface area contributed by atoms with E-state index in [-0.39, 0.29) is 10.0 Å². The van der Waals surface area contributed by atoms with Crippen LogP contribution in [0, 0.1) is 11.6 Å². The normalized spacial score (nSPS) is 20.6. The predicted molar refractivity (Wildman–Crippen MR) is 85.1 cm³/mol. The number of hydrogen-bond acceptors (Lipinski definition) is 3. The second kappa shape index (κ2) is 6.14. The first-order valence-corrected chi connectivity index (χ1v) is 7.96. The maximum atomic E-state index is 14.3. The van der Waals surface area contributed by atoms with Gasteiger partial charge in [-0.05, 0) is 61.3 Å². The zero-order chi connectivity index (χ0) is 17.6. The molecule has 1 aromatic carbocycles. The Labute approximate surface area is 142 Å². The van der Waals surface area contributed by atoms with E-state index < -0.39 is 48.2 Å². The number of aliphatic carboxylic acids is 1. The van der Waals surface area contributed by atoms with Gasteiger partial charge in [-0.15, -0.1) is 0 Å². The monoisotopic (exact) mass is 390 g/mol. The lowest BCUT2D eigenvalue weighted by molar-refractivity contribution is -0.137. The van der Waals surface area contributed by atoms with E-state index in [1.54, 1.807) is 0 Å². The van der Waals surface area contributed by atoms with Gasteiger partial charge in [0.25, 0.3) is 0 Å². The Hall–Kier alpha value is -0.985. The molecule has 0 aromatic heterocycles. The molecule has 0 aliphatic carbocycles. The summed E-state index contributed by atoms with van der Waals surface area (Å²) in [6.07, 6.45) is -0.436. The maximum Gasteiger partial charge on any atom is 0.466 e. The molecule has 23 heavy (non-hydrogen) atoms. The molecule has 1 N–H and O–H groups in total. The van der Waals surface area contributed by atoms with E-state index in [4.69, 9.17) is 14.4 Å². The minimum Gasteiger partial charge on any atom is -0.481 e. The standard InChI is InChI=1S/C15H18BBrF2O4/c1-14(2)15(3,4)23-16(22-14)9(6-13(20)21)8-5-12(19)10(17)7-11(8)18/h5,7,9H,6H2,1-4H3,(H,20,21). The van der Waals surface area contributed by atoms with Crippen LogP contribution in [0.15, 0.2) is 16.6 Å². The van der Waals surface area contributed by atoms with Crippen LogP contribution in [0.25, 0.3) is 0 Å². The van der Waals surface area contributed by atoms with Crippen LogP contribution in [-0.2, 0) is 14.1 Å². The van der Waals surface area contributed by atoms with Crippen molar-refractivity contribution in [2.75, 3.05) is 0 Å². The molecule has 0 bridgehead atoms. The van der Waals surface area contributed by atoms with Crippen molar-refractivity contribution < 1.29 is 28.0 Å². The highest BCUT2D eigenvalue weighted by Crippen LogP contribution is 2.42. The van der Waals surface area contributed by atoms with E-state index in [1.807, 2.05) is 27.7 Å². The SMILES string of the molecule is CC1(C)OB(C(CC(=O)O)c2cc(F)c(Br)cc2F)OC1(C)C. The van der Waals surface area contributed by atoms with Crippen molar-refractivity contribution >= 4 is 29.0 Å². The van der Waals surface area contributed by atoms with Gasteiger partial charge in [-0.25, -0.2) is 8.78 Å². The van der Waals surface area contributed by atoms with Gasteiger partial charge < -0.3 is 14.4 Å². The molecular formula is C15H18BBrF2O4. The Bertz CT molecular complexity index is 620. The summed E-state index contributed by atoms with van der Waals surface area (Å²) >= 11 is 2.91. The molecule has 0 saturated carbocycles. The molecule has 0 spiro atoms. The molecule has 1 atom stereocenters. The molecule has 1 aliphatic rings. The molecule has 1 fully saturated rings. The van der Waals surface area contributed by atoms with Crippen molar-refractivity contribution in [1.29, 1.82) is 0 Å². The number of hydrogen-bond donors (Lipinski definition) is 1. The minimum atomic E-state index is -1.15. The van der Waals surface area contributed by atoms with Gasteiger partial charge in [0.1, 0.15) is 11.6 Å². The molecule has 2 rings (SSSR count). The fourth-order valence-corrected chi connectivity index (χ4v) is 2.73. The molecule has 1 saturated heterocycles. The predicted octanol–water partition coefficient (Wildman–Crippen LogP) is 3.92. The topological polar surface area (TPSA) is 55.8 Å². The lowest BCUT2D eigenvalue weighted by Crippen LogP contribution is -2.41. The third kappa shape index (κ3) is 3.59. The average molecular weight is 391 g/mol. The summed E-state index contributed by atoms with van der Waals surface area (Å²) in [5, 5.41) is 9.14. The molecule has 126 valence electrons. The van der Waals surface area contributed by atoms with Gasteiger partial charge in [0.15, 0.2) is 0 Å². The first-order chi connectivity index (χ1) is 10.4. The van der Waals surface area contributed by atoms with E-state index in [0.717, 1.165) is 12.1 Å². The van der Waals surface area contributed by atoms with Crippen LogP contribution < -0.4 is 0 Å². The molecular weight excluding hydrogens is 373 g/mol. The van der Waals surface area contributed by atoms with Crippen molar-refractivity contribution in [3.63, 3.8) is 0 Å². The zero-order valence-electron chi connectivity index (χ0n) is 13.3. The van der Waals surface area contributed by atoms with Crippen LogP contribution >= 0.6 is 15.9 Å². The summed E-state index contributed by atoms with van der Waals surface area (Å²) < 4.78 is 39.7. The van der Waals surface area contributed by atoms with Gasteiger partial charge in [0, 0.05) is 5.82 Å². The minimum absolute atomic E-state index is 0.0262. The van der Waals surface area contributed by atoms with Crippen LogP contribution in [0.3, 0.4) is 0 Å². The van der Waals surface area contributed by atoms with Gasteiger partial charge in [-0.1, -0.05) is 0 Å². The Balaban J connectivity index is 2.44. The van der Waals surface area contributed by atoms with Crippen molar-refractivity contribution in [2.45, 2.75) is 51.1 Å². The highest BCUT2D eigenvalue weighted by atomic mass is 79.9. The Morgan fingerprint density at radius 3 is 2.22 bits per heavy atom. The van der Waals surface area contributed by atoms with Crippen LogP contribution in [0.5, 0.6) is 0 Å². The van der Waals surface area contributed by atoms with Crippen LogP contribution in [-0.4, -0.2) is 29.4 Å². The van der Waals surface area contributed by atoms with Gasteiger partial charge in [-0.2, -0.15) is 0 Å².